The summed E-state index contributed by atoms with van der Waals surface area (Å²) in [5, 5.41) is 0. The first-order chi connectivity index (χ1) is 10.8. The van der Waals surface area contributed by atoms with E-state index < -0.39 is 0 Å². The smallest absolute Gasteiger partial charge is 0.00708 e. The van der Waals surface area contributed by atoms with Crippen LogP contribution in [0.2, 0.25) is 0 Å². The van der Waals surface area contributed by atoms with Gasteiger partial charge in [0.1, 0.15) is 0 Å². The van der Waals surface area contributed by atoms with Crippen LogP contribution >= 0.6 is 0 Å². The van der Waals surface area contributed by atoms with Crippen molar-refractivity contribution in [3.05, 3.63) is 71.3 Å². The van der Waals surface area contributed by atoms with Crippen molar-refractivity contribution in [3.8, 4) is 0 Å². The molecule has 0 spiro atoms. The van der Waals surface area contributed by atoms with Crippen molar-refractivity contribution in [2.45, 2.75) is 39.5 Å². The highest BCUT2D eigenvalue weighted by Gasteiger charge is 2.18. The zero-order valence-corrected chi connectivity index (χ0v) is 13.9. The molecule has 2 aliphatic carbocycles. The van der Waals surface area contributed by atoms with Gasteiger partial charge in [0.2, 0.25) is 0 Å². The van der Waals surface area contributed by atoms with Gasteiger partial charge in [0.05, 0.1) is 0 Å². The highest BCUT2D eigenvalue weighted by molar-refractivity contribution is 5.87. The van der Waals surface area contributed by atoms with Gasteiger partial charge >= 0.3 is 0 Å². The highest BCUT2D eigenvalue weighted by atomic mass is 14.2. The molecule has 0 saturated heterocycles. The van der Waals surface area contributed by atoms with Crippen molar-refractivity contribution in [3.63, 3.8) is 0 Å². The molecule has 0 N–H and O–H groups in total. The molecular weight excluding hydrogens is 264 g/mol. The maximum atomic E-state index is 4.03. The van der Waals surface area contributed by atoms with Gasteiger partial charge in [-0.25, -0.2) is 0 Å². The summed E-state index contributed by atoms with van der Waals surface area (Å²) in [4.78, 5) is 0. The predicted octanol–water partition coefficient (Wildman–Crippen LogP) is 6.69. The van der Waals surface area contributed by atoms with Crippen molar-refractivity contribution in [2.24, 2.45) is 0 Å². The molecule has 22 heavy (non-hydrogen) atoms. The van der Waals surface area contributed by atoms with E-state index in [0.717, 1.165) is 25.7 Å². The van der Waals surface area contributed by atoms with Crippen molar-refractivity contribution in [1.82, 2.24) is 0 Å². The average molecular weight is 290 g/mol. The number of aryl methyl sites for hydroxylation is 1. The van der Waals surface area contributed by atoms with Crippen LogP contribution in [-0.4, -0.2) is 0 Å². The second kappa shape index (κ2) is 7.79. The minimum absolute atomic E-state index is 1.11. The zero-order valence-electron chi connectivity index (χ0n) is 13.9. The molecule has 2 aliphatic rings. The molecule has 3 rings (SSSR count). The molecule has 0 saturated carbocycles. The van der Waals surface area contributed by atoms with Crippen LogP contribution in [0.5, 0.6) is 0 Å². The van der Waals surface area contributed by atoms with Crippen molar-refractivity contribution in [1.29, 1.82) is 0 Å². The molecule has 0 bridgehead atoms. The molecular formula is C22H26. The Bertz CT molecular complexity index is 651. The first kappa shape index (κ1) is 16.3. The van der Waals surface area contributed by atoms with E-state index in [9.17, 15) is 0 Å². The Labute approximate surface area is 135 Å². The minimum atomic E-state index is 1.11. The highest BCUT2D eigenvalue weighted by Crippen LogP contribution is 2.37. The summed E-state index contributed by atoms with van der Waals surface area (Å²) in [5.74, 6) is 0. The van der Waals surface area contributed by atoms with Crippen LogP contribution in [0, 0.1) is 0 Å². The lowest BCUT2D eigenvalue weighted by Gasteiger charge is -2.22. The summed E-state index contributed by atoms with van der Waals surface area (Å²) in [7, 11) is 0. The van der Waals surface area contributed by atoms with E-state index in [1.165, 1.54) is 33.4 Å². The molecule has 0 fully saturated rings. The fourth-order valence-electron chi connectivity index (χ4n) is 3.18. The monoisotopic (exact) mass is 290 g/mol. The molecule has 114 valence electrons. The lowest BCUT2D eigenvalue weighted by molar-refractivity contribution is 0.978. The van der Waals surface area contributed by atoms with Crippen LogP contribution in [0.15, 0.2) is 43.5 Å². The third-order valence-electron chi connectivity index (χ3n) is 4.15. The molecule has 0 atom stereocenters. The minimum Gasteiger partial charge on any atom is -0.0984 e. The fraction of sp³-hybridized carbons (Fsp3) is 0.273. The molecule has 0 radical (unpaired) electrons. The molecule has 0 heterocycles. The third kappa shape index (κ3) is 3.06. The van der Waals surface area contributed by atoms with E-state index in [1.54, 1.807) is 0 Å². The summed E-state index contributed by atoms with van der Waals surface area (Å²) in [6.07, 6.45) is 19.7. The van der Waals surface area contributed by atoms with Gasteiger partial charge in [-0.2, -0.15) is 0 Å². The van der Waals surface area contributed by atoms with E-state index in [2.05, 4.69) is 49.6 Å². The number of hydrogen-bond acceptors (Lipinski definition) is 0. The maximum Gasteiger partial charge on any atom is -0.00708 e. The topological polar surface area (TPSA) is 0 Å². The van der Waals surface area contributed by atoms with Gasteiger partial charge in [0, 0.05) is 0 Å². The Kier molecular flexibility index (Phi) is 5.77. The molecule has 0 aromatic heterocycles. The largest absolute Gasteiger partial charge is 0.0984 e. The lowest BCUT2D eigenvalue weighted by Crippen LogP contribution is -2.04. The number of rotatable bonds is 3. The van der Waals surface area contributed by atoms with E-state index in [1.807, 2.05) is 26.0 Å². The average Bonchev–Trinajstić information content (AvgIpc) is 2.62. The Morgan fingerprint density at radius 1 is 1.00 bits per heavy atom. The van der Waals surface area contributed by atoms with Crippen LogP contribution in [-0.2, 0) is 6.42 Å². The molecule has 0 aliphatic heterocycles. The normalized spacial score (nSPS) is 15.3. The van der Waals surface area contributed by atoms with Crippen LogP contribution < -0.4 is 0 Å². The van der Waals surface area contributed by atoms with Gasteiger partial charge in [-0.1, -0.05) is 75.6 Å². The standard InChI is InChI=1S/C20H20.C2H6/c1-3-15-14-17-12-8-9-13-19(17)20(18(15)4-2)16-10-6-5-7-11-16;1-2/h3-6,9-10,13-14H,1-2,7-8,11-12H2;1-2H3. The van der Waals surface area contributed by atoms with Gasteiger partial charge in [0.25, 0.3) is 0 Å². The summed E-state index contributed by atoms with van der Waals surface area (Å²) >= 11 is 0. The number of hydrogen-bond donors (Lipinski definition) is 0. The summed E-state index contributed by atoms with van der Waals surface area (Å²) in [6.45, 7) is 12.0. The third-order valence-corrected chi connectivity index (χ3v) is 4.15. The Morgan fingerprint density at radius 3 is 2.41 bits per heavy atom. The first-order valence-electron chi connectivity index (χ1n) is 8.32. The van der Waals surface area contributed by atoms with Gasteiger partial charge < -0.3 is 0 Å². The Balaban J connectivity index is 0.000000847. The fourth-order valence-corrected chi connectivity index (χ4v) is 3.18. The zero-order chi connectivity index (χ0) is 15.9. The molecule has 1 aromatic carbocycles. The number of allylic oxidation sites excluding steroid dienone is 5. The quantitative estimate of drug-likeness (QED) is 0.581. The first-order valence-corrected chi connectivity index (χ1v) is 8.32. The maximum absolute atomic E-state index is 4.03. The van der Waals surface area contributed by atoms with Gasteiger partial charge in [-0.3, -0.25) is 0 Å². The van der Waals surface area contributed by atoms with E-state index >= 15 is 0 Å². The van der Waals surface area contributed by atoms with Crippen molar-refractivity contribution < 1.29 is 0 Å². The number of benzene rings is 1. The molecule has 0 nitrogen and oxygen atoms in total. The van der Waals surface area contributed by atoms with Crippen LogP contribution in [0.4, 0.5) is 0 Å². The van der Waals surface area contributed by atoms with Crippen LogP contribution in [0.1, 0.15) is 60.9 Å². The van der Waals surface area contributed by atoms with Crippen molar-refractivity contribution >= 4 is 23.8 Å². The summed E-state index contributed by atoms with van der Waals surface area (Å²) < 4.78 is 0. The van der Waals surface area contributed by atoms with Gasteiger partial charge in [-0.15, -0.1) is 0 Å². The SMILES string of the molecule is C=Cc1cc2c(c(C3=CC=CCC3)c1C=C)C=CCC2.CC. The summed E-state index contributed by atoms with van der Waals surface area (Å²) in [5.41, 5.74) is 8.06. The van der Waals surface area contributed by atoms with Gasteiger partial charge in [0.15, 0.2) is 0 Å². The second-order valence-corrected chi connectivity index (χ2v) is 5.34. The Hall–Kier alpha value is -2.08. The molecule has 0 amide bonds. The van der Waals surface area contributed by atoms with Crippen LogP contribution in [0.3, 0.4) is 0 Å². The van der Waals surface area contributed by atoms with E-state index in [-0.39, 0.29) is 0 Å². The number of fused-ring (bicyclic) bond motifs is 1. The van der Waals surface area contributed by atoms with Crippen molar-refractivity contribution in [2.75, 3.05) is 0 Å². The van der Waals surface area contributed by atoms with Crippen LogP contribution in [0.25, 0.3) is 23.8 Å². The predicted molar refractivity (Wildman–Crippen MR) is 102 cm³/mol. The van der Waals surface area contributed by atoms with Gasteiger partial charge in [-0.05, 0) is 59.1 Å². The Morgan fingerprint density at radius 2 is 1.77 bits per heavy atom. The lowest BCUT2D eigenvalue weighted by atomic mass is 9.82. The molecule has 0 unspecified atom stereocenters. The van der Waals surface area contributed by atoms with E-state index in [0.29, 0.717) is 0 Å². The molecule has 1 aromatic rings. The summed E-state index contributed by atoms with van der Waals surface area (Å²) in [6, 6.07) is 2.28. The van der Waals surface area contributed by atoms with E-state index in [4.69, 9.17) is 0 Å². The second-order valence-electron chi connectivity index (χ2n) is 5.34. The molecule has 0 heteroatoms.